The molecule has 0 saturated carbocycles. The lowest BCUT2D eigenvalue weighted by Gasteiger charge is -2.22. The molecule has 4 rings (SSSR count). The van der Waals surface area contributed by atoms with E-state index in [-0.39, 0.29) is 16.4 Å². The normalized spacial score (nSPS) is 12.8. The maximum Gasteiger partial charge on any atom is 0.256 e. The molecule has 0 bridgehead atoms. The van der Waals surface area contributed by atoms with Gasteiger partial charge >= 0.3 is 0 Å². The molecule has 0 aliphatic carbocycles. The standard InChI is InChI=1S/C26H31N3O/c1-15-11-12-18-20(28-29-23(18)22(15)26(5,6)7)14-17-13-16-9-8-10-19(25(2,3)4)21(16)24(30)27-17/h8-13H,14H2,1-7H3,(H,27,30)(H,28,29). The number of H-pyrrole nitrogens is 2. The summed E-state index contributed by atoms with van der Waals surface area (Å²) in [6.45, 7) is 15.2. The lowest BCUT2D eigenvalue weighted by molar-refractivity contribution is 0.590. The number of pyridine rings is 1. The summed E-state index contributed by atoms with van der Waals surface area (Å²) in [6.07, 6.45) is 0.581. The maximum atomic E-state index is 13.0. The average molecular weight is 402 g/mol. The van der Waals surface area contributed by atoms with Crippen LogP contribution in [-0.2, 0) is 17.3 Å². The van der Waals surface area contributed by atoms with Gasteiger partial charge in [0.25, 0.3) is 5.56 Å². The van der Waals surface area contributed by atoms with E-state index in [0.29, 0.717) is 6.42 Å². The first-order chi connectivity index (χ1) is 14.0. The maximum absolute atomic E-state index is 13.0. The van der Waals surface area contributed by atoms with Crippen molar-refractivity contribution in [2.45, 2.75) is 65.7 Å². The van der Waals surface area contributed by atoms with Gasteiger partial charge in [0.05, 0.1) is 16.6 Å². The van der Waals surface area contributed by atoms with E-state index in [1.165, 1.54) is 11.1 Å². The highest BCUT2D eigenvalue weighted by Crippen LogP contribution is 2.33. The summed E-state index contributed by atoms with van der Waals surface area (Å²) in [5.74, 6) is 0. The Morgan fingerprint density at radius 2 is 1.70 bits per heavy atom. The van der Waals surface area contributed by atoms with E-state index in [4.69, 9.17) is 0 Å². The van der Waals surface area contributed by atoms with E-state index in [2.05, 4.69) is 87.9 Å². The zero-order chi connectivity index (χ0) is 21.8. The molecule has 0 fully saturated rings. The molecule has 0 aliphatic rings. The lowest BCUT2D eigenvalue weighted by atomic mass is 9.82. The van der Waals surface area contributed by atoms with Crippen LogP contribution in [0.2, 0.25) is 0 Å². The zero-order valence-corrected chi connectivity index (χ0v) is 19.0. The fourth-order valence-corrected chi connectivity index (χ4v) is 4.62. The summed E-state index contributed by atoms with van der Waals surface area (Å²) in [6, 6.07) is 12.5. The highest BCUT2D eigenvalue weighted by atomic mass is 16.1. The molecule has 0 unspecified atom stereocenters. The molecule has 2 aromatic carbocycles. The van der Waals surface area contributed by atoms with Crippen LogP contribution >= 0.6 is 0 Å². The van der Waals surface area contributed by atoms with Crippen molar-refractivity contribution in [2.24, 2.45) is 0 Å². The summed E-state index contributed by atoms with van der Waals surface area (Å²) in [4.78, 5) is 16.1. The van der Waals surface area contributed by atoms with Crippen molar-refractivity contribution < 1.29 is 0 Å². The number of hydrogen-bond donors (Lipinski definition) is 2. The number of nitrogens with one attached hydrogen (secondary N) is 2. The SMILES string of the molecule is Cc1ccc2c(Cc3cc4cccc(C(C)(C)C)c4c(=O)[nH]3)n[nH]c2c1C(C)(C)C. The monoisotopic (exact) mass is 401 g/mol. The van der Waals surface area contributed by atoms with E-state index >= 15 is 0 Å². The Labute approximate surface area is 177 Å². The van der Waals surface area contributed by atoms with Crippen LogP contribution in [0, 0.1) is 6.92 Å². The quantitative estimate of drug-likeness (QED) is 0.439. The topological polar surface area (TPSA) is 61.5 Å². The minimum atomic E-state index is -0.0896. The molecule has 0 saturated heterocycles. The predicted octanol–water partition coefficient (Wildman–Crippen LogP) is 5.90. The number of nitrogens with zero attached hydrogens (tertiary/aromatic N) is 1. The number of aromatic amines is 2. The molecule has 4 aromatic rings. The van der Waals surface area contributed by atoms with Gasteiger partial charge in [0.15, 0.2) is 0 Å². The van der Waals surface area contributed by atoms with Crippen LogP contribution in [0.4, 0.5) is 0 Å². The number of hydrogen-bond acceptors (Lipinski definition) is 2. The second-order valence-electron chi connectivity index (χ2n) is 10.4. The second-order valence-corrected chi connectivity index (χ2v) is 10.4. The van der Waals surface area contributed by atoms with Gasteiger partial charge in [-0.1, -0.05) is 71.9 Å². The largest absolute Gasteiger partial charge is 0.325 e. The van der Waals surface area contributed by atoms with Gasteiger partial charge in [0.1, 0.15) is 0 Å². The highest BCUT2D eigenvalue weighted by molar-refractivity contribution is 5.88. The van der Waals surface area contributed by atoms with Crippen LogP contribution in [0.1, 0.15) is 69.6 Å². The smallest absolute Gasteiger partial charge is 0.256 e. The molecular formula is C26H31N3O. The molecule has 0 amide bonds. The van der Waals surface area contributed by atoms with Crippen LogP contribution in [0.25, 0.3) is 21.7 Å². The van der Waals surface area contributed by atoms with Gasteiger partial charge in [-0.15, -0.1) is 0 Å². The molecule has 30 heavy (non-hydrogen) atoms. The molecule has 4 heteroatoms. The predicted molar refractivity (Wildman–Crippen MR) is 126 cm³/mol. The molecule has 0 spiro atoms. The molecule has 2 heterocycles. The van der Waals surface area contributed by atoms with Crippen LogP contribution in [0.3, 0.4) is 0 Å². The fraction of sp³-hybridized carbons (Fsp3) is 0.385. The number of benzene rings is 2. The Kier molecular flexibility index (Phi) is 4.64. The fourth-order valence-electron chi connectivity index (χ4n) is 4.62. The summed E-state index contributed by atoms with van der Waals surface area (Å²) >= 11 is 0. The van der Waals surface area contributed by atoms with Gasteiger partial charge in [-0.05, 0) is 45.9 Å². The minimum absolute atomic E-state index is 0.0218. The van der Waals surface area contributed by atoms with Crippen LogP contribution in [0.5, 0.6) is 0 Å². The summed E-state index contributed by atoms with van der Waals surface area (Å²) in [5.41, 5.74) is 6.46. The van der Waals surface area contributed by atoms with E-state index < -0.39 is 0 Å². The molecule has 2 N–H and O–H groups in total. The van der Waals surface area contributed by atoms with Crippen molar-refractivity contribution in [1.29, 1.82) is 0 Å². The van der Waals surface area contributed by atoms with Gasteiger partial charge in [0.2, 0.25) is 0 Å². The first-order valence-electron chi connectivity index (χ1n) is 10.6. The molecule has 2 aromatic heterocycles. The molecule has 156 valence electrons. The van der Waals surface area contributed by atoms with E-state index in [1.54, 1.807) is 0 Å². The third-order valence-corrected chi connectivity index (χ3v) is 5.87. The van der Waals surface area contributed by atoms with Gasteiger partial charge in [-0.25, -0.2) is 0 Å². The Bertz CT molecular complexity index is 1310. The average Bonchev–Trinajstić information content (AvgIpc) is 3.01. The number of rotatable bonds is 2. The zero-order valence-electron chi connectivity index (χ0n) is 19.0. The third kappa shape index (κ3) is 3.45. The van der Waals surface area contributed by atoms with Gasteiger partial charge in [0, 0.05) is 17.5 Å². The Hall–Kier alpha value is -2.88. The summed E-state index contributed by atoms with van der Waals surface area (Å²) < 4.78 is 0. The van der Waals surface area contributed by atoms with Crippen molar-refractivity contribution in [3.05, 3.63) is 74.8 Å². The number of aryl methyl sites for hydroxylation is 1. The first kappa shape index (κ1) is 20.4. The van der Waals surface area contributed by atoms with Crippen molar-refractivity contribution in [3.63, 3.8) is 0 Å². The summed E-state index contributed by atoms with van der Waals surface area (Å²) in [7, 11) is 0. The Balaban J connectivity index is 1.83. The van der Waals surface area contributed by atoms with Crippen molar-refractivity contribution in [2.75, 3.05) is 0 Å². The Morgan fingerprint density at radius 3 is 2.37 bits per heavy atom. The highest BCUT2D eigenvalue weighted by Gasteiger charge is 2.23. The van der Waals surface area contributed by atoms with Crippen molar-refractivity contribution in [3.8, 4) is 0 Å². The first-order valence-corrected chi connectivity index (χ1v) is 10.6. The Morgan fingerprint density at radius 1 is 0.967 bits per heavy atom. The molecule has 0 atom stereocenters. The van der Waals surface area contributed by atoms with E-state index in [9.17, 15) is 4.79 Å². The third-order valence-electron chi connectivity index (χ3n) is 5.87. The van der Waals surface area contributed by atoms with Gasteiger partial charge in [-0.2, -0.15) is 5.10 Å². The van der Waals surface area contributed by atoms with Gasteiger partial charge < -0.3 is 4.98 Å². The van der Waals surface area contributed by atoms with E-state index in [1.807, 2.05) is 12.1 Å². The van der Waals surface area contributed by atoms with Crippen molar-refractivity contribution in [1.82, 2.24) is 15.2 Å². The van der Waals surface area contributed by atoms with Crippen LogP contribution < -0.4 is 5.56 Å². The molecule has 0 aliphatic heterocycles. The second kappa shape index (κ2) is 6.83. The van der Waals surface area contributed by atoms with E-state index in [0.717, 1.165) is 38.6 Å². The molecule has 4 nitrogen and oxygen atoms in total. The van der Waals surface area contributed by atoms with Crippen LogP contribution in [0.15, 0.2) is 41.2 Å². The molecular weight excluding hydrogens is 370 g/mol. The lowest BCUT2D eigenvalue weighted by Crippen LogP contribution is -2.18. The number of aromatic nitrogens is 3. The number of fused-ring (bicyclic) bond motifs is 2. The van der Waals surface area contributed by atoms with Gasteiger partial charge in [-0.3, -0.25) is 9.89 Å². The van der Waals surface area contributed by atoms with Crippen LogP contribution in [-0.4, -0.2) is 15.2 Å². The minimum Gasteiger partial charge on any atom is -0.325 e. The molecule has 0 radical (unpaired) electrons. The van der Waals surface area contributed by atoms with Crippen molar-refractivity contribution >= 4 is 21.7 Å². The summed E-state index contributed by atoms with van der Waals surface area (Å²) in [5, 5.41) is 10.8.